The molecule has 3 aliphatic rings. The number of amides is 1. The van der Waals surface area contributed by atoms with Gasteiger partial charge in [-0.3, -0.25) is 14.0 Å². The molecule has 0 saturated heterocycles. The van der Waals surface area contributed by atoms with Gasteiger partial charge in [0.1, 0.15) is 11.3 Å². The predicted molar refractivity (Wildman–Crippen MR) is 130 cm³/mol. The van der Waals surface area contributed by atoms with E-state index in [1.54, 1.807) is 30.5 Å². The molecule has 4 aromatic rings. The zero-order valence-corrected chi connectivity index (χ0v) is 19.3. The number of rotatable bonds is 7. The van der Waals surface area contributed by atoms with Gasteiger partial charge >= 0.3 is 0 Å². The fourth-order valence-corrected chi connectivity index (χ4v) is 5.70. The zero-order valence-electron chi connectivity index (χ0n) is 19.3. The van der Waals surface area contributed by atoms with Gasteiger partial charge in [0.25, 0.3) is 11.5 Å². The summed E-state index contributed by atoms with van der Waals surface area (Å²) in [6.07, 6.45) is 6.83. The zero-order chi connectivity index (χ0) is 24.0. The number of nitrogens with one attached hydrogen (secondary N) is 2. The third-order valence-electron chi connectivity index (χ3n) is 7.50. The fourth-order valence-electron chi connectivity index (χ4n) is 5.70. The number of carbonyl (C=O) groups excluding carboxylic acids is 1. The number of hydrogen-bond donors (Lipinski definition) is 2. The van der Waals surface area contributed by atoms with Crippen LogP contribution in [0.2, 0.25) is 0 Å². The summed E-state index contributed by atoms with van der Waals surface area (Å²) in [5.74, 6) is 0.0309. The Bertz CT molecular complexity index is 1500. The molecule has 35 heavy (non-hydrogen) atoms. The molecule has 3 aromatic heterocycles. The second-order valence-electron chi connectivity index (χ2n) is 9.97. The van der Waals surface area contributed by atoms with Crippen LogP contribution >= 0.6 is 0 Å². The summed E-state index contributed by atoms with van der Waals surface area (Å²) in [6, 6.07) is 13.7. The average molecular weight is 472 g/mol. The van der Waals surface area contributed by atoms with Crippen LogP contribution < -0.4 is 16.2 Å². The fraction of sp³-hybridized carbons (Fsp3) is 0.333. The van der Waals surface area contributed by atoms with Gasteiger partial charge in [0, 0.05) is 42.8 Å². The van der Waals surface area contributed by atoms with Gasteiger partial charge in [0.2, 0.25) is 5.95 Å². The first-order valence-electron chi connectivity index (χ1n) is 12.0. The van der Waals surface area contributed by atoms with E-state index >= 15 is 0 Å². The maximum Gasteiger partial charge on any atom is 0.270 e. The van der Waals surface area contributed by atoms with Crippen molar-refractivity contribution >= 4 is 22.5 Å². The van der Waals surface area contributed by atoms with Gasteiger partial charge in [0.05, 0.1) is 5.52 Å². The average Bonchev–Trinajstić information content (AvgIpc) is 3.44. The van der Waals surface area contributed by atoms with E-state index in [0.29, 0.717) is 28.7 Å². The van der Waals surface area contributed by atoms with Crippen LogP contribution in [0.5, 0.6) is 0 Å². The summed E-state index contributed by atoms with van der Waals surface area (Å²) in [7, 11) is 0. The number of halogens is 1. The topological polar surface area (TPSA) is 88.4 Å². The predicted octanol–water partition coefficient (Wildman–Crippen LogP) is 3.59. The smallest absolute Gasteiger partial charge is 0.270 e. The number of hydrogen-bond acceptors (Lipinski definition) is 5. The van der Waals surface area contributed by atoms with Gasteiger partial charge in [-0.1, -0.05) is 12.1 Å². The lowest BCUT2D eigenvalue weighted by Gasteiger charge is -2.38. The second kappa shape index (κ2) is 8.53. The van der Waals surface area contributed by atoms with Gasteiger partial charge in [-0.15, -0.1) is 0 Å². The summed E-state index contributed by atoms with van der Waals surface area (Å²) in [5.41, 5.74) is 2.56. The molecule has 3 heterocycles. The Morgan fingerprint density at radius 3 is 2.83 bits per heavy atom. The Labute approximate surface area is 201 Å². The van der Waals surface area contributed by atoms with Crippen molar-refractivity contribution in [2.75, 3.05) is 6.54 Å². The molecule has 7 rings (SSSR count). The molecule has 3 aliphatic carbocycles. The molecule has 1 aromatic carbocycles. The Balaban J connectivity index is 1.14. The first-order valence-corrected chi connectivity index (χ1v) is 12.0. The monoisotopic (exact) mass is 471 g/mol. The van der Waals surface area contributed by atoms with Crippen molar-refractivity contribution in [1.29, 1.82) is 0 Å². The van der Waals surface area contributed by atoms with Crippen LogP contribution in [0.1, 0.15) is 47.3 Å². The Morgan fingerprint density at radius 1 is 1.11 bits per heavy atom. The molecule has 0 radical (unpaired) electrons. The highest BCUT2D eigenvalue weighted by atomic mass is 19.1. The summed E-state index contributed by atoms with van der Waals surface area (Å²) in [5, 5.41) is 7.08. The van der Waals surface area contributed by atoms with E-state index in [2.05, 4.69) is 20.6 Å². The van der Waals surface area contributed by atoms with Crippen molar-refractivity contribution in [3.8, 4) is 0 Å². The van der Waals surface area contributed by atoms with E-state index in [4.69, 9.17) is 0 Å². The molecule has 1 amide bonds. The highest BCUT2D eigenvalue weighted by Gasteiger charge is 2.49. The standard InChI is InChI=1S/C27H26FN5O2/c28-25-20(15-29-16-27-7-6-18(12-27)13-27)10-19-9-17(4-5-21(19)32-25)14-30-26(35)22-11-24(34)33-8-2-1-3-23(33)31-22/h1-5,8-11,18,29H,6-7,12-16H2,(H,30,35). The van der Waals surface area contributed by atoms with Gasteiger partial charge in [0.15, 0.2) is 0 Å². The van der Waals surface area contributed by atoms with E-state index in [0.717, 1.165) is 23.4 Å². The summed E-state index contributed by atoms with van der Waals surface area (Å²) in [6.45, 7) is 1.63. The molecule has 2 bridgehead atoms. The maximum absolute atomic E-state index is 14.6. The van der Waals surface area contributed by atoms with Gasteiger partial charge in [-0.2, -0.15) is 4.39 Å². The molecule has 2 N–H and O–H groups in total. The minimum absolute atomic E-state index is 0.0681. The number of fused-ring (bicyclic) bond motifs is 3. The number of pyridine rings is 2. The van der Waals surface area contributed by atoms with E-state index in [9.17, 15) is 14.0 Å². The maximum atomic E-state index is 14.6. The third-order valence-corrected chi connectivity index (χ3v) is 7.50. The van der Waals surface area contributed by atoms with Crippen molar-refractivity contribution in [2.45, 2.75) is 38.8 Å². The van der Waals surface area contributed by atoms with Crippen LogP contribution in [0.4, 0.5) is 4.39 Å². The quantitative estimate of drug-likeness (QED) is 0.402. The van der Waals surface area contributed by atoms with Crippen molar-refractivity contribution in [3.63, 3.8) is 0 Å². The Morgan fingerprint density at radius 2 is 2.00 bits per heavy atom. The summed E-state index contributed by atoms with van der Waals surface area (Å²) < 4.78 is 16.0. The van der Waals surface area contributed by atoms with Crippen molar-refractivity contribution in [3.05, 3.63) is 87.9 Å². The molecule has 8 heteroatoms. The third kappa shape index (κ3) is 4.18. The SMILES string of the molecule is O=C(NCc1ccc2nc(F)c(CNCC34CCC(C3)C4)cc2c1)c1cc(=O)n2ccccc2n1. The van der Waals surface area contributed by atoms with Crippen molar-refractivity contribution < 1.29 is 9.18 Å². The van der Waals surface area contributed by atoms with Gasteiger partial charge in [-0.05, 0) is 72.9 Å². The normalized spacial score (nSPS) is 20.8. The first-order chi connectivity index (χ1) is 17.0. The van der Waals surface area contributed by atoms with E-state index in [1.165, 1.54) is 36.2 Å². The number of benzene rings is 1. The van der Waals surface area contributed by atoms with E-state index in [-0.39, 0.29) is 17.8 Å². The Hall–Kier alpha value is -3.65. The largest absolute Gasteiger partial charge is 0.347 e. The molecule has 0 aliphatic heterocycles. The molecular weight excluding hydrogens is 445 g/mol. The molecule has 178 valence electrons. The lowest BCUT2D eigenvalue weighted by Crippen LogP contribution is -2.38. The molecular formula is C27H26FN5O2. The number of aromatic nitrogens is 3. The summed E-state index contributed by atoms with van der Waals surface area (Å²) in [4.78, 5) is 33.3. The number of nitrogens with zero attached hydrogens (tertiary/aromatic N) is 3. The molecule has 3 fully saturated rings. The highest BCUT2D eigenvalue weighted by Crippen LogP contribution is 2.58. The van der Waals surface area contributed by atoms with E-state index < -0.39 is 11.9 Å². The summed E-state index contributed by atoms with van der Waals surface area (Å²) >= 11 is 0. The van der Waals surface area contributed by atoms with Crippen molar-refractivity contribution in [2.24, 2.45) is 11.3 Å². The lowest BCUT2D eigenvalue weighted by molar-refractivity contribution is 0.0946. The minimum atomic E-state index is -0.449. The van der Waals surface area contributed by atoms with Crippen LogP contribution in [0.3, 0.4) is 0 Å². The molecule has 7 nitrogen and oxygen atoms in total. The Kier molecular flexibility index (Phi) is 5.33. The van der Waals surface area contributed by atoms with Crippen LogP contribution in [0, 0.1) is 17.3 Å². The van der Waals surface area contributed by atoms with Crippen LogP contribution in [0.15, 0.2) is 59.5 Å². The highest BCUT2D eigenvalue weighted by molar-refractivity contribution is 5.92. The molecule has 3 saturated carbocycles. The molecule has 0 unspecified atom stereocenters. The van der Waals surface area contributed by atoms with E-state index in [1.807, 2.05) is 18.2 Å². The first kappa shape index (κ1) is 21.9. The van der Waals surface area contributed by atoms with Crippen molar-refractivity contribution in [1.82, 2.24) is 25.0 Å². The van der Waals surface area contributed by atoms with Crippen LogP contribution in [0.25, 0.3) is 16.6 Å². The molecule has 0 atom stereocenters. The minimum Gasteiger partial charge on any atom is -0.347 e. The van der Waals surface area contributed by atoms with Crippen LogP contribution in [-0.2, 0) is 13.1 Å². The van der Waals surface area contributed by atoms with Crippen LogP contribution in [-0.4, -0.2) is 26.8 Å². The second-order valence-corrected chi connectivity index (χ2v) is 9.97. The number of carbonyl (C=O) groups is 1. The lowest BCUT2D eigenvalue weighted by atomic mass is 9.70. The van der Waals surface area contributed by atoms with Gasteiger partial charge < -0.3 is 10.6 Å². The molecule has 0 spiro atoms. The van der Waals surface area contributed by atoms with Gasteiger partial charge in [-0.25, -0.2) is 9.97 Å².